The summed E-state index contributed by atoms with van der Waals surface area (Å²) in [5.41, 5.74) is 8.32. The van der Waals surface area contributed by atoms with Crippen LogP contribution in [-0.2, 0) is 0 Å². The molecule has 4 heteroatoms. The summed E-state index contributed by atoms with van der Waals surface area (Å²) in [6.07, 6.45) is 3.29. The number of rotatable bonds is 2. The van der Waals surface area contributed by atoms with Crippen molar-refractivity contribution in [2.45, 2.75) is 6.92 Å². The maximum Gasteiger partial charge on any atom is 0.193 e. The molecule has 1 unspecified atom stereocenters. The predicted octanol–water partition coefficient (Wildman–Crippen LogP) is 2.76. The Hall–Kier alpha value is -1.65. The number of anilines is 1. The van der Waals surface area contributed by atoms with E-state index in [0.29, 0.717) is 16.8 Å². The van der Waals surface area contributed by atoms with Crippen LogP contribution in [0.2, 0.25) is 0 Å². The molecule has 0 amide bonds. The van der Waals surface area contributed by atoms with Crippen LogP contribution >= 0.6 is 10.8 Å². The Morgan fingerprint density at radius 1 is 1.41 bits per heavy atom. The second-order valence-corrected chi connectivity index (χ2v) is 5.05. The number of Topliss-reactive ketones (excluding diaryl/α,β-unsaturated/α-hetero) is 1. The highest BCUT2D eigenvalue weighted by molar-refractivity contribution is 8.12. The van der Waals surface area contributed by atoms with Crippen molar-refractivity contribution < 1.29 is 9.35 Å². The summed E-state index contributed by atoms with van der Waals surface area (Å²) in [5.74, 6) is -0.0704. The third kappa shape index (κ3) is 2.54. The molecule has 0 saturated carbocycles. The number of aryl methyl sites for hydroxylation is 1. The highest BCUT2D eigenvalue weighted by Crippen LogP contribution is 2.21. The van der Waals surface area contributed by atoms with Crippen molar-refractivity contribution in [3.05, 3.63) is 52.5 Å². The first-order valence-corrected chi connectivity index (χ1v) is 6.44. The van der Waals surface area contributed by atoms with Gasteiger partial charge in [-0.05, 0) is 58.3 Å². The zero-order chi connectivity index (χ0) is 12.4. The molecular formula is C13H13NO2S. The first-order valence-electron chi connectivity index (χ1n) is 5.13. The molecule has 1 aromatic rings. The Kier molecular flexibility index (Phi) is 3.26. The van der Waals surface area contributed by atoms with Gasteiger partial charge in [-0.2, -0.15) is 0 Å². The number of nitrogens with two attached hydrogens (primary N) is 1. The molecule has 1 aromatic carbocycles. The molecule has 1 heterocycles. The van der Waals surface area contributed by atoms with Gasteiger partial charge in [0.05, 0.1) is 0 Å². The lowest BCUT2D eigenvalue weighted by molar-refractivity contribution is 0.103. The first kappa shape index (κ1) is 11.8. The predicted molar refractivity (Wildman–Crippen MR) is 73.4 cm³/mol. The monoisotopic (exact) mass is 247 g/mol. The van der Waals surface area contributed by atoms with E-state index in [1.165, 1.54) is 0 Å². The Morgan fingerprint density at radius 3 is 2.82 bits per heavy atom. The van der Waals surface area contributed by atoms with Crippen LogP contribution in [0.15, 0.2) is 41.3 Å². The molecule has 0 spiro atoms. The quantitative estimate of drug-likeness (QED) is 0.480. The number of hydrogen-bond acceptors (Lipinski definition) is 3. The van der Waals surface area contributed by atoms with Crippen molar-refractivity contribution in [3.8, 4) is 0 Å². The zero-order valence-electron chi connectivity index (χ0n) is 9.38. The molecule has 1 aliphatic rings. The van der Waals surface area contributed by atoms with Gasteiger partial charge in [-0.1, -0.05) is 6.07 Å². The summed E-state index contributed by atoms with van der Waals surface area (Å²) in [6.45, 7) is 1.88. The van der Waals surface area contributed by atoms with E-state index in [4.69, 9.17) is 5.73 Å². The van der Waals surface area contributed by atoms with Gasteiger partial charge in [0.2, 0.25) is 0 Å². The van der Waals surface area contributed by atoms with E-state index < -0.39 is 10.8 Å². The number of benzene rings is 1. The summed E-state index contributed by atoms with van der Waals surface area (Å²) < 4.78 is 9.29. The van der Waals surface area contributed by atoms with E-state index in [2.05, 4.69) is 0 Å². The lowest BCUT2D eigenvalue weighted by Gasteiger charge is -2.08. The van der Waals surface area contributed by atoms with Crippen molar-refractivity contribution in [1.29, 1.82) is 0 Å². The van der Waals surface area contributed by atoms with Gasteiger partial charge in [-0.25, -0.2) is 0 Å². The fourth-order valence-electron chi connectivity index (χ4n) is 1.58. The number of carbonyl (C=O) groups is 1. The lowest BCUT2D eigenvalue weighted by Crippen LogP contribution is -2.06. The number of hydrogen-bond donors (Lipinski definition) is 2. The van der Waals surface area contributed by atoms with Crippen LogP contribution in [-0.4, -0.2) is 15.7 Å². The topological polar surface area (TPSA) is 63.3 Å². The molecule has 1 aliphatic heterocycles. The van der Waals surface area contributed by atoms with E-state index in [-0.39, 0.29) is 5.78 Å². The van der Waals surface area contributed by atoms with Crippen LogP contribution < -0.4 is 5.73 Å². The maximum atomic E-state index is 12.2. The average Bonchev–Trinajstić information content (AvgIpc) is 2.32. The Bertz CT molecular complexity index is 571. The first-order chi connectivity index (χ1) is 8.08. The van der Waals surface area contributed by atoms with Gasteiger partial charge in [0.1, 0.15) is 0 Å². The molecule has 0 aromatic heterocycles. The third-order valence-electron chi connectivity index (χ3n) is 2.54. The van der Waals surface area contributed by atoms with Crippen LogP contribution in [0.4, 0.5) is 5.69 Å². The maximum absolute atomic E-state index is 12.2. The summed E-state index contributed by atoms with van der Waals surface area (Å²) in [6, 6.07) is 5.28. The van der Waals surface area contributed by atoms with Crippen molar-refractivity contribution >= 4 is 27.6 Å². The fraction of sp³-hybridized carbons (Fsp3) is 0.0769. The van der Waals surface area contributed by atoms with Crippen molar-refractivity contribution in [2.75, 3.05) is 5.73 Å². The molecule has 0 aliphatic carbocycles. The van der Waals surface area contributed by atoms with Gasteiger partial charge >= 0.3 is 0 Å². The fourth-order valence-corrected chi connectivity index (χ4v) is 2.24. The summed E-state index contributed by atoms with van der Waals surface area (Å²) >= 11 is 0. The van der Waals surface area contributed by atoms with Crippen molar-refractivity contribution in [3.63, 3.8) is 0 Å². The van der Waals surface area contributed by atoms with Crippen molar-refractivity contribution in [1.82, 2.24) is 0 Å². The number of allylic oxidation sites excluding steroid dienone is 3. The van der Waals surface area contributed by atoms with Crippen LogP contribution in [0, 0.1) is 6.92 Å². The molecule has 0 radical (unpaired) electrons. The average molecular weight is 247 g/mol. The van der Waals surface area contributed by atoms with Gasteiger partial charge in [-0.15, -0.1) is 0 Å². The molecule has 88 valence electrons. The van der Waals surface area contributed by atoms with Gasteiger partial charge in [-0.3, -0.25) is 4.79 Å². The normalized spacial score (nSPS) is 18.5. The number of nitrogen functional groups attached to an aromatic ring is 1. The highest BCUT2D eigenvalue weighted by Gasteiger charge is 2.13. The largest absolute Gasteiger partial charge is 0.399 e. The molecule has 0 saturated heterocycles. The molecular weight excluding hydrogens is 234 g/mol. The summed E-state index contributed by atoms with van der Waals surface area (Å²) in [7, 11) is -0.852. The molecule has 2 rings (SSSR count). The Morgan fingerprint density at radius 2 is 2.18 bits per heavy atom. The Labute approximate surface area is 102 Å². The van der Waals surface area contributed by atoms with Gasteiger partial charge in [0.25, 0.3) is 0 Å². The minimum absolute atomic E-state index is 0.0704. The van der Waals surface area contributed by atoms with E-state index in [1.54, 1.807) is 35.1 Å². The third-order valence-corrected chi connectivity index (χ3v) is 3.37. The van der Waals surface area contributed by atoms with E-state index in [1.807, 2.05) is 13.0 Å². The minimum Gasteiger partial charge on any atom is -0.399 e. The van der Waals surface area contributed by atoms with Gasteiger partial charge in [0, 0.05) is 16.8 Å². The van der Waals surface area contributed by atoms with E-state index >= 15 is 0 Å². The van der Waals surface area contributed by atoms with Crippen LogP contribution in [0.5, 0.6) is 0 Å². The molecule has 3 N–H and O–H groups in total. The number of ketones is 1. The number of carbonyl (C=O) groups excluding carboxylic acids is 1. The molecule has 0 fully saturated rings. The van der Waals surface area contributed by atoms with Gasteiger partial charge < -0.3 is 10.3 Å². The van der Waals surface area contributed by atoms with E-state index in [0.717, 1.165) is 5.56 Å². The zero-order valence-corrected chi connectivity index (χ0v) is 10.2. The molecule has 0 bridgehead atoms. The second kappa shape index (κ2) is 4.69. The van der Waals surface area contributed by atoms with Crippen LogP contribution in [0.25, 0.3) is 0 Å². The summed E-state index contributed by atoms with van der Waals surface area (Å²) in [5, 5.41) is 3.21. The smallest absolute Gasteiger partial charge is 0.193 e. The van der Waals surface area contributed by atoms with Crippen LogP contribution in [0.1, 0.15) is 15.9 Å². The van der Waals surface area contributed by atoms with Gasteiger partial charge in [0.15, 0.2) is 5.78 Å². The lowest BCUT2D eigenvalue weighted by atomic mass is 9.98. The highest BCUT2D eigenvalue weighted by atomic mass is 32.2. The Balaban J connectivity index is 2.39. The second-order valence-electron chi connectivity index (χ2n) is 3.81. The molecule has 1 atom stereocenters. The van der Waals surface area contributed by atoms with Crippen LogP contribution in [0.3, 0.4) is 0 Å². The summed E-state index contributed by atoms with van der Waals surface area (Å²) in [4.78, 5) is 12.2. The molecule has 3 nitrogen and oxygen atoms in total. The minimum atomic E-state index is -0.852. The standard InChI is InChI=1S/C13H13NO2S/c1-9-2-3-11(14)8-12(9)13(15)10-4-6-17(16)7-5-10/h2-8,16H,14H2,1H3. The van der Waals surface area contributed by atoms with E-state index in [9.17, 15) is 9.35 Å². The molecule has 17 heavy (non-hydrogen) atoms. The SMILES string of the molecule is Cc1ccc(N)cc1C(=O)C1=CC=S(O)C=C1. The van der Waals surface area contributed by atoms with Crippen molar-refractivity contribution in [2.24, 2.45) is 0 Å².